The minimum atomic E-state index is -0.407. The fourth-order valence-corrected chi connectivity index (χ4v) is 3.01. The lowest BCUT2D eigenvalue weighted by atomic mass is 9.93. The van der Waals surface area contributed by atoms with Gasteiger partial charge in [0.25, 0.3) is 0 Å². The molecule has 26 heavy (non-hydrogen) atoms. The minimum absolute atomic E-state index is 0. The van der Waals surface area contributed by atoms with Crippen LogP contribution in [0.25, 0.3) is 0 Å². The highest BCUT2D eigenvalue weighted by molar-refractivity contribution is 14.0. The number of rotatable bonds is 5. The summed E-state index contributed by atoms with van der Waals surface area (Å²) in [6, 6.07) is 5.49. The summed E-state index contributed by atoms with van der Waals surface area (Å²) in [6.07, 6.45) is 1.16. The first-order valence-electron chi connectivity index (χ1n) is 8.68. The summed E-state index contributed by atoms with van der Waals surface area (Å²) in [6.45, 7) is 9.95. The molecule has 0 amide bonds. The number of halogens is 1. The first kappa shape index (κ1) is 22.5. The number of carbonyl (C=O) groups is 1. The van der Waals surface area contributed by atoms with Crippen molar-refractivity contribution in [3.8, 4) is 5.75 Å². The molecule has 1 aliphatic rings. The van der Waals surface area contributed by atoms with Gasteiger partial charge in [0.2, 0.25) is 0 Å². The highest BCUT2D eigenvalue weighted by Crippen LogP contribution is 2.28. The highest BCUT2D eigenvalue weighted by atomic mass is 127. The summed E-state index contributed by atoms with van der Waals surface area (Å²) in [5.41, 5.74) is 1.68. The minimum Gasteiger partial charge on any atom is -0.496 e. The lowest BCUT2D eigenvalue weighted by Gasteiger charge is -2.23. The van der Waals surface area contributed by atoms with Gasteiger partial charge < -0.3 is 19.7 Å². The molecule has 1 saturated heterocycles. The fraction of sp³-hybridized carbons (Fsp3) is 0.579. The van der Waals surface area contributed by atoms with E-state index < -0.39 is 5.97 Å². The van der Waals surface area contributed by atoms with Gasteiger partial charge >= 0.3 is 5.97 Å². The van der Waals surface area contributed by atoms with Crippen LogP contribution in [0.1, 0.15) is 43.1 Å². The largest absolute Gasteiger partial charge is 0.496 e. The van der Waals surface area contributed by atoms with Crippen molar-refractivity contribution >= 4 is 35.9 Å². The van der Waals surface area contributed by atoms with E-state index in [0.29, 0.717) is 23.3 Å². The van der Waals surface area contributed by atoms with Crippen molar-refractivity contribution in [2.24, 2.45) is 10.4 Å². The Hall–Kier alpha value is -1.51. The first-order valence-corrected chi connectivity index (χ1v) is 8.68. The standard InChI is InChI=1S/C19H29N3O3.HI/c1-6-20-18(22-10-9-19(2,3)13-22)21-12-14-7-8-16(24-4)15(11-14)17(23)25-5;/h7-8,11H,6,9-10,12-13H2,1-5H3,(H,20,21);1H. The van der Waals surface area contributed by atoms with Gasteiger partial charge in [0.15, 0.2) is 5.96 Å². The quantitative estimate of drug-likeness (QED) is 0.307. The van der Waals surface area contributed by atoms with E-state index in [2.05, 4.69) is 31.0 Å². The van der Waals surface area contributed by atoms with Crippen LogP contribution >= 0.6 is 24.0 Å². The normalized spacial score (nSPS) is 16.0. The summed E-state index contributed by atoms with van der Waals surface area (Å²) in [5.74, 6) is 1.02. The van der Waals surface area contributed by atoms with E-state index in [1.807, 2.05) is 6.07 Å². The average molecular weight is 475 g/mol. The summed E-state index contributed by atoms with van der Waals surface area (Å²) < 4.78 is 10.1. The number of methoxy groups -OCH3 is 2. The second-order valence-corrected chi connectivity index (χ2v) is 7.03. The summed E-state index contributed by atoms with van der Waals surface area (Å²) in [4.78, 5) is 19.0. The molecule has 0 aromatic heterocycles. The van der Waals surface area contributed by atoms with Crippen LogP contribution in [-0.2, 0) is 11.3 Å². The second-order valence-electron chi connectivity index (χ2n) is 7.03. The molecule has 0 atom stereocenters. The van der Waals surface area contributed by atoms with Crippen LogP contribution in [0.2, 0.25) is 0 Å². The van der Waals surface area contributed by atoms with Gasteiger partial charge in [0.05, 0.1) is 20.8 Å². The summed E-state index contributed by atoms with van der Waals surface area (Å²) >= 11 is 0. The average Bonchev–Trinajstić information content (AvgIpc) is 2.97. The predicted octanol–water partition coefficient (Wildman–Crippen LogP) is 3.30. The number of aliphatic imine (C=N–C) groups is 1. The third kappa shape index (κ3) is 5.75. The molecule has 1 fully saturated rings. The lowest BCUT2D eigenvalue weighted by molar-refractivity contribution is 0.0597. The third-order valence-electron chi connectivity index (χ3n) is 4.39. The van der Waals surface area contributed by atoms with Gasteiger partial charge in [-0.1, -0.05) is 19.9 Å². The van der Waals surface area contributed by atoms with Gasteiger partial charge in [-0.15, -0.1) is 24.0 Å². The molecule has 1 heterocycles. The Labute approximate surface area is 173 Å². The van der Waals surface area contributed by atoms with Crippen molar-refractivity contribution < 1.29 is 14.3 Å². The van der Waals surface area contributed by atoms with E-state index in [4.69, 9.17) is 14.5 Å². The molecule has 2 rings (SSSR count). The number of nitrogens with zero attached hydrogens (tertiary/aromatic N) is 2. The summed E-state index contributed by atoms with van der Waals surface area (Å²) in [7, 11) is 2.91. The van der Waals surface area contributed by atoms with E-state index in [1.54, 1.807) is 12.1 Å². The van der Waals surface area contributed by atoms with Crippen LogP contribution in [-0.4, -0.2) is 50.7 Å². The Morgan fingerprint density at radius 3 is 2.62 bits per heavy atom. The van der Waals surface area contributed by atoms with E-state index in [9.17, 15) is 4.79 Å². The molecule has 1 N–H and O–H groups in total. The number of likely N-dealkylation sites (tertiary alicyclic amines) is 1. The molecule has 0 bridgehead atoms. The molecular formula is C19H30IN3O3. The lowest BCUT2D eigenvalue weighted by Crippen LogP contribution is -2.40. The number of nitrogens with one attached hydrogen (secondary N) is 1. The monoisotopic (exact) mass is 475 g/mol. The van der Waals surface area contributed by atoms with Crippen molar-refractivity contribution in [3.05, 3.63) is 29.3 Å². The molecule has 0 radical (unpaired) electrons. The van der Waals surface area contributed by atoms with Gasteiger partial charge in [-0.05, 0) is 36.5 Å². The van der Waals surface area contributed by atoms with Crippen molar-refractivity contribution in [1.82, 2.24) is 10.2 Å². The maximum atomic E-state index is 11.9. The predicted molar refractivity (Wildman–Crippen MR) is 115 cm³/mol. The van der Waals surface area contributed by atoms with Crippen LogP contribution in [0.4, 0.5) is 0 Å². The molecule has 6 nitrogen and oxygen atoms in total. The Kier molecular flexibility index (Phi) is 8.66. The number of hydrogen-bond donors (Lipinski definition) is 1. The second kappa shape index (κ2) is 9.99. The Bertz CT molecular complexity index is 647. The third-order valence-corrected chi connectivity index (χ3v) is 4.39. The number of carbonyl (C=O) groups excluding carboxylic acids is 1. The van der Waals surface area contributed by atoms with Crippen molar-refractivity contribution in [2.75, 3.05) is 33.9 Å². The topological polar surface area (TPSA) is 63.2 Å². The van der Waals surface area contributed by atoms with Crippen LogP contribution in [0.5, 0.6) is 5.75 Å². The molecule has 0 spiro atoms. The maximum Gasteiger partial charge on any atom is 0.341 e. The van der Waals surface area contributed by atoms with Crippen LogP contribution in [0.3, 0.4) is 0 Å². The number of ether oxygens (including phenoxy) is 2. The zero-order valence-electron chi connectivity index (χ0n) is 16.3. The SMILES string of the molecule is CCNC(=NCc1ccc(OC)c(C(=O)OC)c1)N1CCC(C)(C)C1.I. The van der Waals surface area contributed by atoms with E-state index in [-0.39, 0.29) is 24.0 Å². The molecule has 0 aliphatic carbocycles. The van der Waals surface area contributed by atoms with Crippen molar-refractivity contribution in [2.45, 2.75) is 33.7 Å². The molecule has 1 aliphatic heterocycles. The molecule has 1 aromatic carbocycles. The van der Waals surface area contributed by atoms with Gasteiger partial charge in [0.1, 0.15) is 11.3 Å². The van der Waals surface area contributed by atoms with Gasteiger partial charge in [-0.25, -0.2) is 9.79 Å². The smallest absolute Gasteiger partial charge is 0.341 e. The molecule has 1 aromatic rings. The van der Waals surface area contributed by atoms with E-state index >= 15 is 0 Å². The Morgan fingerprint density at radius 1 is 1.35 bits per heavy atom. The molecule has 0 unspecified atom stereocenters. The zero-order chi connectivity index (χ0) is 18.4. The van der Waals surface area contributed by atoms with Gasteiger partial charge in [-0.2, -0.15) is 0 Å². The van der Waals surface area contributed by atoms with Crippen LogP contribution in [0.15, 0.2) is 23.2 Å². The molecule has 0 saturated carbocycles. The molecule has 146 valence electrons. The number of guanidine groups is 1. The van der Waals surface area contributed by atoms with Crippen molar-refractivity contribution in [1.29, 1.82) is 0 Å². The highest BCUT2D eigenvalue weighted by Gasteiger charge is 2.30. The van der Waals surface area contributed by atoms with E-state index in [0.717, 1.165) is 37.6 Å². The van der Waals surface area contributed by atoms with Crippen LogP contribution < -0.4 is 10.1 Å². The fourth-order valence-electron chi connectivity index (χ4n) is 3.01. The number of benzene rings is 1. The van der Waals surface area contributed by atoms with Gasteiger partial charge in [0, 0.05) is 19.6 Å². The first-order chi connectivity index (χ1) is 11.9. The molecular weight excluding hydrogens is 445 g/mol. The Morgan fingerprint density at radius 2 is 2.08 bits per heavy atom. The molecule has 7 heteroatoms. The van der Waals surface area contributed by atoms with Crippen LogP contribution in [0, 0.1) is 5.41 Å². The van der Waals surface area contributed by atoms with Crippen molar-refractivity contribution in [3.63, 3.8) is 0 Å². The zero-order valence-corrected chi connectivity index (χ0v) is 18.6. The van der Waals surface area contributed by atoms with Gasteiger partial charge in [-0.3, -0.25) is 0 Å². The maximum absolute atomic E-state index is 11.9. The van der Waals surface area contributed by atoms with E-state index in [1.165, 1.54) is 14.2 Å². The number of esters is 1. The Balaban J connectivity index is 0.00000338. The number of hydrogen-bond acceptors (Lipinski definition) is 4. The summed E-state index contributed by atoms with van der Waals surface area (Å²) in [5, 5.41) is 3.36.